The second-order valence-corrected chi connectivity index (χ2v) is 5.87. The molecule has 0 aliphatic rings. The Kier molecular flexibility index (Phi) is 4.58. The average Bonchev–Trinajstić information content (AvgIpc) is 2.40. The molecule has 110 valence electrons. The number of anilines is 1. The molecule has 1 heterocycles. The summed E-state index contributed by atoms with van der Waals surface area (Å²) in [6.45, 7) is 6.32. The first-order chi connectivity index (χ1) is 9.92. The van der Waals surface area contributed by atoms with Crippen LogP contribution in [0, 0.1) is 0 Å². The van der Waals surface area contributed by atoms with Crippen molar-refractivity contribution < 1.29 is 14.1 Å². The number of carbonyl (C=O) groups is 1. The van der Waals surface area contributed by atoms with E-state index in [0.29, 0.717) is 5.69 Å². The molecule has 0 aliphatic heterocycles. The third kappa shape index (κ3) is 5.26. The molecule has 0 saturated heterocycles. The van der Waals surface area contributed by atoms with Crippen LogP contribution >= 0.6 is 0 Å². The van der Waals surface area contributed by atoms with Gasteiger partial charge in [0.2, 0.25) is 0 Å². The van der Waals surface area contributed by atoms with Gasteiger partial charge in [-0.25, -0.2) is 9.36 Å². The second kappa shape index (κ2) is 6.39. The lowest BCUT2D eigenvalue weighted by molar-refractivity contribution is -0.688. The molecule has 0 aliphatic carbocycles. The standard InChI is InChI=1S/C17H20N2O2/c1-17(2,3)21-16(20)18-15-9-11-19(12-10-15)13-14-7-5-4-6-8-14/h4-12H,13H2,1-3H3/p+1. The molecule has 2 rings (SSSR count). The predicted molar refractivity (Wildman–Crippen MR) is 82.0 cm³/mol. The maximum absolute atomic E-state index is 11.7. The lowest BCUT2D eigenvalue weighted by Crippen LogP contribution is -2.33. The van der Waals surface area contributed by atoms with Crippen molar-refractivity contribution in [1.82, 2.24) is 0 Å². The number of benzene rings is 1. The van der Waals surface area contributed by atoms with E-state index in [-0.39, 0.29) is 0 Å². The largest absolute Gasteiger partial charge is 0.444 e. The van der Waals surface area contributed by atoms with Crippen LogP contribution in [0.5, 0.6) is 0 Å². The van der Waals surface area contributed by atoms with E-state index >= 15 is 0 Å². The molecule has 0 unspecified atom stereocenters. The molecule has 0 atom stereocenters. The maximum atomic E-state index is 11.7. The smallest absolute Gasteiger partial charge is 0.412 e. The fraction of sp³-hybridized carbons (Fsp3) is 0.294. The lowest BCUT2D eigenvalue weighted by atomic mass is 10.2. The summed E-state index contributed by atoms with van der Waals surface area (Å²) >= 11 is 0. The zero-order valence-corrected chi connectivity index (χ0v) is 12.7. The first kappa shape index (κ1) is 15.0. The van der Waals surface area contributed by atoms with Gasteiger partial charge in [0.1, 0.15) is 5.60 Å². The number of hydrogen-bond acceptors (Lipinski definition) is 2. The minimum atomic E-state index is -0.494. The van der Waals surface area contributed by atoms with Gasteiger partial charge in [0.25, 0.3) is 0 Å². The zero-order valence-electron chi connectivity index (χ0n) is 12.7. The van der Waals surface area contributed by atoms with Gasteiger partial charge in [0.15, 0.2) is 18.9 Å². The van der Waals surface area contributed by atoms with Crippen LogP contribution in [0.1, 0.15) is 26.3 Å². The molecule has 0 saturated carbocycles. The predicted octanol–water partition coefficient (Wildman–Crippen LogP) is 3.37. The van der Waals surface area contributed by atoms with Gasteiger partial charge >= 0.3 is 6.09 Å². The SMILES string of the molecule is CC(C)(C)OC(=O)Nc1cc[n+](Cc2ccccc2)cc1. The van der Waals surface area contributed by atoms with Crippen molar-refractivity contribution in [2.24, 2.45) is 0 Å². The summed E-state index contributed by atoms with van der Waals surface area (Å²) in [5.41, 5.74) is 1.45. The molecule has 0 fully saturated rings. The highest BCUT2D eigenvalue weighted by Gasteiger charge is 2.16. The van der Waals surface area contributed by atoms with E-state index in [1.807, 2.05) is 63.5 Å². The first-order valence-electron chi connectivity index (χ1n) is 6.95. The summed E-state index contributed by atoms with van der Waals surface area (Å²) in [5, 5.41) is 2.72. The number of aromatic nitrogens is 1. The number of pyridine rings is 1. The van der Waals surface area contributed by atoms with E-state index < -0.39 is 11.7 Å². The van der Waals surface area contributed by atoms with Crippen molar-refractivity contribution in [3.63, 3.8) is 0 Å². The van der Waals surface area contributed by atoms with Crippen molar-refractivity contribution in [1.29, 1.82) is 0 Å². The van der Waals surface area contributed by atoms with E-state index in [9.17, 15) is 4.79 Å². The number of amides is 1. The fourth-order valence-electron chi connectivity index (χ4n) is 1.86. The Morgan fingerprint density at radius 2 is 1.71 bits per heavy atom. The third-order valence-corrected chi connectivity index (χ3v) is 2.74. The highest BCUT2D eigenvalue weighted by Crippen LogP contribution is 2.10. The van der Waals surface area contributed by atoms with Gasteiger partial charge < -0.3 is 4.74 Å². The van der Waals surface area contributed by atoms with Gasteiger partial charge in [0.05, 0.1) is 5.69 Å². The normalized spacial score (nSPS) is 11.0. The summed E-state index contributed by atoms with van der Waals surface area (Å²) < 4.78 is 7.26. The Bertz CT molecular complexity index is 586. The molecule has 0 spiro atoms. The fourth-order valence-corrected chi connectivity index (χ4v) is 1.86. The molecule has 21 heavy (non-hydrogen) atoms. The highest BCUT2D eigenvalue weighted by atomic mass is 16.6. The van der Waals surface area contributed by atoms with E-state index in [0.717, 1.165) is 6.54 Å². The summed E-state index contributed by atoms with van der Waals surface area (Å²) in [6.07, 6.45) is 3.42. The van der Waals surface area contributed by atoms with Gasteiger partial charge in [-0.15, -0.1) is 0 Å². The van der Waals surface area contributed by atoms with Crippen LogP contribution in [0.25, 0.3) is 0 Å². The quantitative estimate of drug-likeness (QED) is 0.879. The highest BCUT2D eigenvalue weighted by molar-refractivity contribution is 5.84. The van der Waals surface area contributed by atoms with Crippen molar-refractivity contribution in [2.45, 2.75) is 32.9 Å². The number of nitrogens with one attached hydrogen (secondary N) is 1. The molecule has 0 bridgehead atoms. The molecule has 4 nitrogen and oxygen atoms in total. The van der Waals surface area contributed by atoms with Crippen LogP contribution in [-0.2, 0) is 11.3 Å². The Morgan fingerprint density at radius 1 is 1.10 bits per heavy atom. The summed E-state index contributed by atoms with van der Waals surface area (Å²) in [5.74, 6) is 0. The molecule has 1 amide bonds. The summed E-state index contributed by atoms with van der Waals surface area (Å²) in [6, 6.07) is 13.9. The molecule has 1 N–H and O–H groups in total. The average molecular weight is 285 g/mol. The molecule has 0 radical (unpaired) electrons. The van der Waals surface area contributed by atoms with Gasteiger partial charge in [-0.3, -0.25) is 5.32 Å². The van der Waals surface area contributed by atoms with Crippen LogP contribution in [-0.4, -0.2) is 11.7 Å². The molecular formula is C17H21N2O2+. The number of rotatable bonds is 3. The minimum absolute atomic E-state index is 0.441. The Morgan fingerprint density at radius 3 is 2.29 bits per heavy atom. The number of ether oxygens (including phenoxy) is 1. The van der Waals surface area contributed by atoms with Crippen LogP contribution in [0.3, 0.4) is 0 Å². The first-order valence-corrected chi connectivity index (χ1v) is 6.95. The Balaban J connectivity index is 1.95. The minimum Gasteiger partial charge on any atom is -0.444 e. The Hall–Kier alpha value is -2.36. The van der Waals surface area contributed by atoms with E-state index in [1.54, 1.807) is 0 Å². The summed E-state index contributed by atoms with van der Waals surface area (Å²) in [4.78, 5) is 11.7. The number of nitrogens with zero attached hydrogens (tertiary/aromatic N) is 1. The third-order valence-electron chi connectivity index (χ3n) is 2.74. The van der Waals surface area contributed by atoms with Crippen molar-refractivity contribution in [2.75, 3.05) is 5.32 Å². The van der Waals surface area contributed by atoms with Crippen molar-refractivity contribution in [3.8, 4) is 0 Å². The van der Waals surface area contributed by atoms with Crippen LogP contribution in [0.15, 0.2) is 54.9 Å². The van der Waals surface area contributed by atoms with E-state index in [4.69, 9.17) is 4.74 Å². The molecule has 1 aromatic heterocycles. The molecule has 4 heteroatoms. The second-order valence-electron chi connectivity index (χ2n) is 5.87. The number of hydrogen-bond donors (Lipinski definition) is 1. The van der Waals surface area contributed by atoms with Gasteiger partial charge in [-0.1, -0.05) is 30.3 Å². The van der Waals surface area contributed by atoms with Crippen molar-refractivity contribution >= 4 is 11.8 Å². The van der Waals surface area contributed by atoms with Gasteiger partial charge in [0, 0.05) is 17.7 Å². The van der Waals surface area contributed by atoms with E-state index in [2.05, 4.69) is 22.0 Å². The van der Waals surface area contributed by atoms with Gasteiger partial charge in [-0.2, -0.15) is 0 Å². The van der Waals surface area contributed by atoms with Crippen LogP contribution in [0.2, 0.25) is 0 Å². The topological polar surface area (TPSA) is 42.2 Å². The Labute approximate surface area is 125 Å². The lowest BCUT2D eigenvalue weighted by Gasteiger charge is -2.19. The molecule has 2 aromatic rings. The van der Waals surface area contributed by atoms with Crippen LogP contribution in [0.4, 0.5) is 10.5 Å². The molecule has 1 aromatic carbocycles. The zero-order chi connectivity index (χ0) is 15.3. The molecular weight excluding hydrogens is 264 g/mol. The number of carbonyl (C=O) groups excluding carboxylic acids is 1. The monoisotopic (exact) mass is 285 g/mol. The van der Waals surface area contributed by atoms with Gasteiger partial charge in [-0.05, 0) is 20.8 Å². The van der Waals surface area contributed by atoms with E-state index in [1.165, 1.54) is 5.56 Å². The van der Waals surface area contributed by atoms with Crippen LogP contribution < -0.4 is 9.88 Å². The maximum Gasteiger partial charge on any atom is 0.412 e. The summed E-state index contributed by atoms with van der Waals surface area (Å²) in [7, 11) is 0. The van der Waals surface area contributed by atoms with Crippen molar-refractivity contribution in [3.05, 3.63) is 60.4 Å².